The van der Waals surface area contributed by atoms with Crippen LogP contribution in [0.25, 0.3) is 0 Å². The highest BCUT2D eigenvalue weighted by atomic mass is 32.1. The molecule has 0 aliphatic rings. The number of hydrogen-bond acceptors (Lipinski definition) is 5. The van der Waals surface area contributed by atoms with Gasteiger partial charge >= 0.3 is 0 Å². The first-order chi connectivity index (χ1) is 14.8. The second-order valence-corrected chi connectivity index (χ2v) is 8.56. The molecule has 31 heavy (non-hydrogen) atoms. The van der Waals surface area contributed by atoms with E-state index in [9.17, 15) is 9.59 Å². The number of thiazole rings is 1. The van der Waals surface area contributed by atoms with Gasteiger partial charge in [0, 0.05) is 12.1 Å². The summed E-state index contributed by atoms with van der Waals surface area (Å²) in [6.45, 7) is 7.75. The zero-order valence-electron chi connectivity index (χ0n) is 18.5. The Bertz CT molecular complexity index is 1100. The average Bonchev–Trinajstić information content (AvgIpc) is 3.09. The second-order valence-electron chi connectivity index (χ2n) is 7.56. The van der Waals surface area contributed by atoms with Crippen LogP contribution in [0.3, 0.4) is 0 Å². The summed E-state index contributed by atoms with van der Waals surface area (Å²) in [5.74, 6) is 0.402. The monoisotopic (exact) mass is 437 g/mol. The molecule has 2 amide bonds. The van der Waals surface area contributed by atoms with Gasteiger partial charge in [0.25, 0.3) is 5.91 Å². The number of aromatic nitrogens is 1. The van der Waals surface area contributed by atoms with Gasteiger partial charge in [0.2, 0.25) is 5.91 Å². The summed E-state index contributed by atoms with van der Waals surface area (Å²) in [5, 5.41) is 6.23. The Labute approximate surface area is 186 Å². The molecule has 0 spiro atoms. The van der Waals surface area contributed by atoms with E-state index in [1.54, 1.807) is 14.0 Å². The van der Waals surface area contributed by atoms with Gasteiger partial charge in [-0.25, -0.2) is 4.98 Å². The largest absolute Gasteiger partial charge is 0.497 e. The van der Waals surface area contributed by atoms with E-state index >= 15 is 0 Å². The molecule has 6 nitrogen and oxygen atoms in total. The molecule has 0 saturated heterocycles. The molecule has 0 fully saturated rings. The summed E-state index contributed by atoms with van der Waals surface area (Å²) in [6.07, 6.45) is 0.905. The summed E-state index contributed by atoms with van der Waals surface area (Å²) in [4.78, 5) is 30.0. The zero-order valence-corrected chi connectivity index (χ0v) is 19.3. The molecule has 0 radical (unpaired) electrons. The number of ether oxygens (including phenoxy) is 1. The molecule has 0 bridgehead atoms. The van der Waals surface area contributed by atoms with Crippen LogP contribution in [0.1, 0.15) is 44.0 Å². The lowest BCUT2D eigenvalue weighted by molar-refractivity contribution is -0.116. The molecule has 2 aromatic carbocycles. The summed E-state index contributed by atoms with van der Waals surface area (Å²) in [6, 6.07) is 11.7. The molecule has 0 unspecified atom stereocenters. The van der Waals surface area contributed by atoms with Crippen molar-refractivity contribution >= 4 is 34.0 Å². The highest BCUT2D eigenvalue weighted by Gasteiger charge is 2.18. The summed E-state index contributed by atoms with van der Waals surface area (Å²) >= 11 is 1.18. The first kappa shape index (κ1) is 22.5. The van der Waals surface area contributed by atoms with Crippen molar-refractivity contribution in [3.63, 3.8) is 0 Å². The van der Waals surface area contributed by atoms with Gasteiger partial charge in [-0.3, -0.25) is 9.59 Å². The molecule has 0 aliphatic heterocycles. The summed E-state index contributed by atoms with van der Waals surface area (Å²) < 4.78 is 5.21. The van der Waals surface area contributed by atoms with E-state index < -0.39 is 0 Å². The van der Waals surface area contributed by atoms with Crippen molar-refractivity contribution in [3.05, 3.63) is 69.2 Å². The van der Waals surface area contributed by atoms with E-state index in [-0.39, 0.29) is 11.8 Å². The number of nitrogens with one attached hydrogen (secondary N) is 2. The van der Waals surface area contributed by atoms with Crippen molar-refractivity contribution in [1.82, 2.24) is 4.98 Å². The van der Waals surface area contributed by atoms with Crippen LogP contribution < -0.4 is 15.4 Å². The van der Waals surface area contributed by atoms with Gasteiger partial charge in [-0.05, 0) is 62.9 Å². The number of carbonyl (C=O) groups excluding carboxylic acids is 2. The number of methoxy groups -OCH3 is 1. The van der Waals surface area contributed by atoms with Crippen molar-refractivity contribution < 1.29 is 14.3 Å². The molecular formula is C24H27N3O3S. The first-order valence-corrected chi connectivity index (χ1v) is 10.9. The second kappa shape index (κ2) is 9.75. The molecule has 0 saturated carbocycles. The van der Waals surface area contributed by atoms with Gasteiger partial charge in [0.05, 0.1) is 12.8 Å². The van der Waals surface area contributed by atoms with E-state index in [0.29, 0.717) is 28.5 Å². The van der Waals surface area contributed by atoms with Crippen molar-refractivity contribution in [1.29, 1.82) is 0 Å². The van der Waals surface area contributed by atoms with Gasteiger partial charge in [-0.1, -0.05) is 41.2 Å². The molecule has 2 N–H and O–H groups in total. The van der Waals surface area contributed by atoms with Gasteiger partial charge in [0.15, 0.2) is 5.13 Å². The lowest BCUT2D eigenvalue weighted by Gasteiger charge is -2.12. The topological polar surface area (TPSA) is 80.3 Å². The maximum atomic E-state index is 12.8. The molecular weight excluding hydrogens is 410 g/mol. The fourth-order valence-corrected chi connectivity index (χ4v) is 4.35. The van der Waals surface area contributed by atoms with Gasteiger partial charge in [-0.15, -0.1) is 0 Å². The number of hydrogen-bond donors (Lipinski definition) is 2. The Morgan fingerprint density at radius 3 is 2.42 bits per heavy atom. The lowest BCUT2D eigenvalue weighted by Crippen LogP contribution is -2.13. The van der Waals surface area contributed by atoms with Gasteiger partial charge in [-0.2, -0.15) is 0 Å². The number of nitrogens with zero attached hydrogens (tertiary/aromatic N) is 1. The maximum Gasteiger partial charge on any atom is 0.267 e. The van der Waals surface area contributed by atoms with Crippen molar-refractivity contribution in [3.8, 4) is 5.75 Å². The standard InChI is InChI=1S/C24H27N3O3S/c1-14-11-15(2)21(16(3)12-14)27-23(29)22-17(4)25-24(31-22)26-20(28)10-9-18-7-6-8-19(13-18)30-5/h6-8,11-13H,9-10H2,1-5H3,(H,27,29)(H,25,26,28). The summed E-state index contributed by atoms with van der Waals surface area (Å²) in [7, 11) is 1.62. The number of anilines is 2. The Hall–Kier alpha value is -3.19. The highest BCUT2D eigenvalue weighted by molar-refractivity contribution is 7.17. The molecule has 162 valence electrons. The van der Waals surface area contributed by atoms with Crippen LogP contribution in [0.2, 0.25) is 0 Å². The highest BCUT2D eigenvalue weighted by Crippen LogP contribution is 2.27. The minimum Gasteiger partial charge on any atom is -0.497 e. The van der Waals surface area contributed by atoms with Crippen LogP contribution in [-0.2, 0) is 11.2 Å². The molecule has 1 aromatic heterocycles. The molecule has 3 aromatic rings. The Kier molecular flexibility index (Phi) is 7.07. The fraction of sp³-hybridized carbons (Fsp3) is 0.292. The van der Waals surface area contributed by atoms with Crippen molar-refractivity contribution in [2.45, 2.75) is 40.5 Å². The Morgan fingerprint density at radius 2 is 1.74 bits per heavy atom. The van der Waals surface area contributed by atoms with Crippen LogP contribution in [0.15, 0.2) is 36.4 Å². The van der Waals surface area contributed by atoms with Crippen molar-refractivity contribution in [2.75, 3.05) is 17.7 Å². The number of rotatable bonds is 7. The Morgan fingerprint density at radius 1 is 1.03 bits per heavy atom. The minimum absolute atomic E-state index is 0.145. The van der Waals surface area contributed by atoms with E-state index in [0.717, 1.165) is 33.7 Å². The van der Waals surface area contributed by atoms with Crippen LogP contribution in [0.5, 0.6) is 5.75 Å². The van der Waals surface area contributed by atoms with Crippen LogP contribution in [0, 0.1) is 27.7 Å². The lowest BCUT2D eigenvalue weighted by atomic mass is 10.1. The third-order valence-electron chi connectivity index (χ3n) is 4.94. The number of amides is 2. The van der Waals surface area contributed by atoms with Crippen LogP contribution in [0.4, 0.5) is 10.8 Å². The SMILES string of the molecule is COc1cccc(CCC(=O)Nc2nc(C)c(C(=O)Nc3c(C)cc(C)cc3C)s2)c1. The van der Waals surface area contributed by atoms with E-state index in [4.69, 9.17) is 4.74 Å². The average molecular weight is 438 g/mol. The number of carbonyl (C=O) groups is 2. The van der Waals surface area contributed by atoms with E-state index in [1.165, 1.54) is 11.3 Å². The van der Waals surface area contributed by atoms with Gasteiger partial charge in [0.1, 0.15) is 10.6 Å². The van der Waals surface area contributed by atoms with Crippen LogP contribution in [-0.4, -0.2) is 23.9 Å². The predicted molar refractivity (Wildman–Crippen MR) is 125 cm³/mol. The molecule has 0 aliphatic carbocycles. The van der Waals surface area contributed by atoms with Gasteiger partial charge < -0.3 is 15.4 Å². The quantitative estimate of drug-likeness (QED) is 0.532. The Balaban J connectivity index is 1.63. The number of aryl methyl sites for hydroxylation is 5. The number of benzene rings is 2. The molecule has 0 atom stereocenters. The maximum absolute atomic E-state index is 12.8. The molecule has 3 rings (SSSR count). The normalized spacial score (nSPS) is 10.6. The third kappa shape index (κ3) is 5.70. The molecule has 1 heterocycles. The van der Waals surface area contributed by atoms with Crippen molar-refractivity contribution in [2.24, 2.45) is 0 Å². The molecule has 7 heteroatoms. The predicted octanol–water partition coefficient (Wildman–Crippen LogP) is 5.21. The van der Waals surface area contributed by atoms with E-state index in [1.807, 2.05) is 57.2 Å². The first-order valence-electron chi connectivity index (χ1n) is 10.1. The smallest absolute Gasteiger partial charge is 0.267 e. The third-order valence-corrected chi connectivity index (χ3v) is 6.01. The van der Waals surface area contributed by atoms with Crippen LogP contribution >= 0.6 is 11.3 Å². The fourth-order valence-electron chi connectivity index (χ4n) is 3.48. The van der Waals surface area contributed by atoms with E-state index in [2.05, 4.69) is 15.6 Å². The summed E-state index contributed by atoms with van der Waals surface area (Å²) in [5.41, 5.74) is 5.60. The zero-order chi connectivity index (χ0) is 22.5. The minimum atomic E-state index is -0.220.